The van der Waals surface area contributed by atoms with Crippen LogP contribution in [0.3, 0.4) is 0 Å². The molecule has 1 aromatic heterocycles. The van der Waals surface area contributed by atoms with Gasteiger partial charge in [0.05, 0.1) is 17.2 Å². The fourth-order valence-electron chi connectivity index (χ4n) is 3.54. The second-order valence-corrected chi connectivity index (χ2v) is 7.52. The summed E-state index contributed by atoms with van der Waals surface area (Å²) in [5.41, 5.74) is 11.8. The number of halogens is 3. The summed E-state index contributed by atoms with van der Waals surface area (Å²) in [7, 11) is 0. The zero-order chi connectivity index (χ0) is 24.8. The van der Waals surface area contributed by atoms with Crippen LogP contribution in [0.15, 0.2) is 91.3 Å². The van der Waals surface area contributed by atoms with E-state index >= 15 is 0 Å². The van der Waals surface area contributed by atoms with Gasteiger partial charge in [0.1, 0.15) is 12.0 Å². The van der Waals surface area contributed by atoms with E-state index < -0.39 is 17.7 Å². The van der Waals surface area contributed by atoms with E-state index in [1.165, 1.54) is 18.2 Å². The van der Waals surface area contributed by atoms with Crippen molar-refractivity contribution in [1.82, 2.24) is 15.4 Å². The third-order valence-electron chi connectivity index (χ3n) is 5.20. The van der Waals surface area contributed by atoms with E-state index in [2.05, 4.69) is 26.1 Å². The number of hydrogen-bond acceptors (Lipinski definition) is 6. The summed E-state index contributed by atoms with van der Waals surface area (Å²) < 4.78 is 40.0. The van der Waals surface area contributed by atoms with Crippen molar-refractivity contribution in [2.45, 2.75) is 12.1 Å². The Labute approximate surface area is 199 Å². The van der Waals surface area contributed by atoms with Gasteiger partial charge in [0.15, 0.2) is 11.6 Å². The SMILES string of the molecule is Nc1c(NNC(=O)C(c2ccccc2)c2ccccc2)ncnc1Nc1ccccc1C(F)(F)F. The van der Waals surface area contributed by atoms with Gasteiger partial charge in [-0.1, -0.05) is 72.8 Å². The maximum atomic E-state index is 13.3. The van der Waals surface area contributed by atoms with Crippen molar-refractivity contribution in [3.63, 3.8) is 0 Å². The van der Waals surface area contributed by atoms with E-state index in [9.17, 15) is 18.0 Å². The highest BCUT2D eigenvalue weighted by Gasteiger charge is 2.33. The number of amides is 1. The Morgan fingerprint density at radius 3 is 1.94 bits per heavy atom. The second kappa shape index (κ2) is 10.1. The molecule has 178 valence electrons. The molecule has 4 aromatic rings. The molecule has 0 bridgehead atoms. The molecule has 0 saturated carbocycles. The van der Waals surface area contributed by atoms with Gasteiger partial charge in [0, 0.05) is 0 Å². The van der Waals surface area contributed by atoms with Crippen LogP contribution in [0.5, 0.6) is 0 Å². The first-order valence-electron chi connectivity index (χ1n) is 10.5. The first kappa shape index (κ1) is 23.6. The highest BCUT2D eigenvalue weighted by molar-refractivity contribution is 5.89. The lowest BCUT2D eigenvalue weighted by Crippen LogP contribution is -2.35. The molecule has 0 aliphatic heterocycles. The third kappa shape index (κ3) is 5.49. The lowest BCUT2D eigenvalue weighted by atomic mass is 9.91. The molecule has 5 N–H and O–H groups in total. The maximum Gasteiger partial charge on any atom is 0.418 e. The molecule has 1 heterocycles. The van der Waals surface area contributed by atoms with Crippen molar-refractivity contribution < 1.29 is 18.0 Å². The van der Waals surface area contributed by atoms with Gasteiger partial charge < -0.3 is 11.1 Å². The van der Waals surface area contributed by atoms with Crippen molar-refractivity contribution in [1.29, 1.82) is 0 Å². The Kier molecular flexibility index (Phi) is 6.81. The summed E-state index contributed by atoms with van der Waals surface area (Å²) >= 11 is 0. The van der Waals surface area contributed by atoms with Crippen molar-refractivity contribution >= 4 is 28.9 Å². The lowest BCUT2D eigenvalue weighted by Gasteiger charge is -2.19. The van der Waals surface area contributed by atoms with Crippen LogP contribution in [0.25, 0.3) is 0 Å². The van der Waals surface area contributed by atoms with Gasteiger partial charge in [-0.25, -0.2) is 9.97 Å². The van der Waals surface area contributed by atoms with Crippen LogP contribution < -0.4 is 21.9 Å². The van der Waals surface area contributed by atoms with Gasteiger partial charge in [0.25, 0.3) is 0 Å². The summed E-state index contributed by atoms with van der Waals surface area (Å²) in [6.07, 6.45) is -3.44. The van der Waals surface area contributed by atoms with E-state index in [0.29, 0.717) is 0 Å². The van der Waals surface area contributed by atoms with Crippen molar-refractivity contribution in [2.24, 2.45) is 0 Å². The number of nitrogens with zero attached hydrogens (tertiary/aromatic N) is 2. The molecular formula is C25H21F3N6O. The number of aromatic nitrogens is 2. The van der Waals surface area contributed by atoms with Crippen molar-refractivity contribution in [3.8, 4) is 0 Å². The van der Waals surface area contributed by atoms with Crippen LogP contribution in [0, 0.1) is 0 Å². The molecule has 10 heteroatoms. The Bertz CT molecular complexity index is 1260. The molecule has 1 amide bonds. The van der Waals surface area contributed by atoms with Crippen molar-refractivity contribution in [2.75, 3.05) is 16.5 Å². The molecule has 7 nitrogen and oxygen atoms in total. The summed E-state index contributed by atoms with van der Waals surface area (Å²) in [6.45, 7) is 0. The predicted molar refractivity (Wildman–Crippen MR) is 128 cm³/mol. The number of nitrogens with one attached hydrogen (secondary N) is 3. The number of hydrazine groups is 1. The number of benzene rings is 3. The van der Waals surface area contributed by atoms with Crippen LogP contribution in [0.1, 0.15) is 22.6 Å². The molecule has 0 radical (unpaired) electrons. The lowest BCUT2D eigenvalue weighted by molar-refractivity contribution is -0.137. The Morgan fingerprint density at radius 1 is 0.800 bits per heavy atom. The number of hydrogen-bond donors (Lipinski definition) is 4. The molecule has 0 atom stereocenters. The standard InChI is InChI=1S/C25H21F3N6O/c26-25(27,28)18-13-7-8-14-19(18)32-22-21(29)23(31-15-30-22)33-34-24(35)20(16-9-3-1-4-10-16)17-11-5-2-6-12-17/h1-15,20H,29H2,(H,34,35)(H2,30,31,32,33). The molecule has 3 aromatic carbocycles. The maximum absolute atomic E-state index is 13.3. The number of rotatable bonds is 7. The highest BCUT2D eigenvalue weighted by Crippen LogP contribution is 2.36. The number of alkyl halides is 3. The van der Waals surface area contributed by atoms with Crippen LogP contribution in [0.4, 0.5) is 36.2 Å². The number of para-hydroxylation sites is 1. The molecule has 0 saturated heterocycles. The van der Waals surface area contributed by atoms with Gasteiger partial charge in [-0.15, -0.1) is 0 Å². The fraction of sp³-hybridized carbons (Fsp3) is 0.0800. The molecule has 35 heavy (non-hydrogen) atoms. The number of nitrogen functional groups attached to an aromatic ring is 1. The molecule has 0 unspecified atom stereocenters. The number of carbonyl (C=O) groups is 1. The zero-order valence-electron chi connectivity index (χ0n) is 18.3. The quantitative estimate of drug-likeness (QED) is 0.276. The number of nitrogens with two attached hydrogens (primary N) is 1. The molecule has 0 aliphatic carbocycles. The first-order chi connectivity index (χ1) is 16.8. The average molecular weight is 478 g/mol. The smallest absolute Gasteiger partial charge is 0.393 e. The first-order valence-corrected chi connectivity index (χ1v) is 10.5. The van der Waals surface area contributed by atoms with E-state index in [1.54, 1.807) is 0 Å². The van der Waals surface area contributed by atoms with E-state index in [0.717, 1.165) is 23.5 Å². The van der Waals surface area contributed by atoms with Crippen LogP contribution in [0.2, 0.25) is 0 Å². The normalized spacial score (nSPS) is 11.2. The van der Waals surface area contributed by atoms with Gasteiger partial charge in [0.2, 0.25) is 5.91 Å². The zero-order valence-corrected chi connectivity index (χ0v) is 18.3. The van der Waals surface area contributed by atoms with E-state index in [1.807, 2.05) is 60.7 Å². The fourth-order valence-corrected chi connectivity index (χ4v) is 3.54. The van der Waals surface area contributed by atoms with Gasteiger partial charge in [-0.05, 0) is 23.3 Å². The highest BCUT2D eigenvalue weighted by atomic mass is 19.4. The molecule has 0 spiro atoms. The Balaban J connectivity index is 1.55. The van der Waals surface area contributed by atoms with E-state index in [-0.39, 0.29) is 28.9 Å². The molecule has 0 fully saturated rings. The summed E-state index contributed by atoms with van der Waals surface area (Å²) in [5, 5.41) is 2.60. The van der Waals surface area contributed by atoms with Gasteiger partial charge >= 0.3 is 6.18 Å². The Morgan fingerprint density at radius 2 is 1.34 bits per heavy atom. The summed E-state index contributed by atoms with van der Waals surface area (Å²) in [5.74, 6) is -1.02. The molecule has 0 aliphatic rings. The number of carbonyl (C=O) groups excluding carboxylic acids is 1. The van der Waals surface area contributed by atoms with Crippen LogP contribution >= 0.6 is 0 Å². The molecule has 4 rings (SSSR count). The van der Waals surface area contributed by atoms with Crippen molar-refractivity contribution in [3.05, 3.63) is 108 Å². The van der Waals surface area contributed by atoms with Gasteiger partial charge in [-0.2, -0.15) is 13.2 Å². The topological polar surface area (TPSA) is 105 Å². The Hall–Kier alpha value is -4.60. The predicted octanol–water partition coefficient (Wildman–Crippen LogP) is 5.10. The van der Waals surface area contributed by atoms with Gasteiger partial charge in [-0.3, -0.25) is 15.6 Å². The minimum absolute atomic E-state index is 0.0280. The summed E-state index contributed by atoms with van der Waals surface area (Å²) in [4.78, 5) is 21.1. The summed E-state index contributed by atoms with van der Waals surface area (Å²) in [6, 6.07) is 23.4. The second-order valence-electron chi connectivity index (χ2n) is 7.52. The largest absolute Gasteiger partial charge is 0.418 e. The minimum Gasteiger partial charge on any atom is -0.393 e. The van der Waals surface area contributed by atoms with Crippen LogP contribution in [-0.2, 0) is 11.0 Å². The third-order valence-corrected chi connectivity index (χ3v) is 5.20. The van der Waals surface area contributed by atoms with E-state index in [4.69, 9.17) is 5.73 Å². The monoisotopic (exact) mass is 478 g/mol. The molecular weight excluding hydrogens is 457 g/mol. The average Bonchev–Trinajstić information content (AvgIpc) is 2.86. The van der Waals surface area contributed by atoms with Crippen LogP contribution in [-0.4, -0.2) is 15.9 Å². The minimum atomic E-state index is -4.57. The number of anilines is 4.